The van der Waals surface area contributed by atoms with Crippen molar-refractivity contribution in [2.45, 2.75) is 31.6 Å². The van der Waals surface area contributed by atoms with E-state index in [9.17, 15) is 4.79 Å². The maximum absolute atomic E-state index is 12.3. The summed E-state index contributed by atoms with van der Waals surface area (Å²) in [4.78, 5) is 12.3. The second-order valence-electron chi connectivity index (χ2n) is 6.27. The Balaban J connectivity index is 1.64. The summed E-state index contributed by atoms with van der Waals surface area (Å²) in [5.41, 5.74) is 2.04. The van der Waals surface area contributed by atoms with Gasteiger partial charge in [0.15, 0.2) is 11.0 Å². The Morgan fingerprint density at radius 3 is 2.50 bits per heavy atom. The quantitative estimate of drug-likeness (QED) is 0.584. The molecule has 1 N–H and O–H groups in total. The number of aromatic nitrogens is 3. The first-order valence-electron chi connectivity index (χ1n) is 9.17. The minimum absolute atomic E-state index is 0.0296. The Bertz CT molecular complexity index is 910. The molecule has 6 nitrogen and oxygen atoms in total. The van der Waals surface area contributed by atoms with Gasteiger partial charge < -0.3 is 14.6 Å². The van der Waals surface area contributed by atoms with Crippen LogP contribution in [0.5, 0.6) is 5.75 Å². The van der Waals surface area contributed by atoms with Crippen molar-refractivity contribution in [2.24, 2.45) is 0 Å². The molecule has 3 aromatic rings. The molecule has 3 rings (SSSR count). The molecule has 0 unspecified atom stereocenters. The minimum Gasteiger partial charge on any atom is -0.497 e. The van der Waals surface area contributed by atoms with E-state index in [0.717, 1.165) is 34.4 Å². The van der Waals surface area contributed by atoms with Crippen LogP contribution in [-0.4, -0.2) is 33.5 Å². The molecule has 0 aliphatic rings. The zero-order chi connectivity index (χ0) is 19.9. The van der Waals surface area contributed by atoms with Crippen LogP contribution in [0.2, 0.25) is 0 Å². The standard InChI is InChI=1S/C21H24N4O2S/c1-4-25-20(17-10-12-18(27-3)13-11-17)23-24-21(25)28-14-19(26)22-15(2)16-8-6-5-7-9-16/h5-13,15H,4,14H2,1-3H3,(H,22,26)/t15-/m0/s1. The number of rotatable bonds is 8. The molecule has 1 aromatic heterocycles. The van der Waals surface area contributed by atoms with Gasteiger partial charge in [0.2, 0.25) is 5.91 Å². The first-order valence-corrected chi connectivity index (χ1v) is 10.2. The lowest BCUT2D eigenvalue weighted by Gasteiger charge is -2.14. The van der Waals surface area contributed by atoms with Gasteiger partial charge in [-0.05, 0) is 43.7 Å². The number of methoxy groups -OCH3 is 1. The lowest BCUT2D eigenvalue weighted by molar-refractivity contribution is -0.119. The van der Waals surface area contributed by atoms with E-state index >= 15 is 0 Å². The molecule has 1 amide bonds. The summed E-state index contributed by atoms with van der Waals surface area (Å²) in [5, 5.41) is 12.4. The molecular weight excluding hydrogens is 372 g/mol. The summed E-state index contributed by atoms with van der Waals surface area (Å²) >= 11 is 1.39. The molecule has 28 heavy (non-hydrogen) atoms. The monoisotopic (exact) mass is 396 g/mol. The molecule has 2 aromatic carbocycles. The van der Waals surface area contributed by atoms with E-state index in [1.54, 1.807) is 7.11 Å². The Hall–Kier alpha value is -2.80. The number of hydrogen-bond acceptors (Lipinski definition) is 5. The normalized spacial score (nSPS) is 11.8. The van der Waals surface area contributed by atoms with E-state index < -0.39 is 0 Å². The van der Waals surface area contributed by atoms with Crippen LogP contribution in [-0.2, 0) is 11.3 Å². The molecule has 0 saturated carbocycles. The lowest BCUT2D eigenvalue weighted by atomic mass is 10.1. The van der Waals surface area contributed by atoms with E-state index in [1.165, 1.54) is 11.8 Å². The summed E-state index contributed by atoms with van der Waals surface area (Å²) in [5.74, 6) is 1.84. The van der Waals surface area contributed by atoms with E-state index in [2.05, 4.69) is 15.5 Å². The van der Waals surface area contributed by atoms with Crippen LogP contribution in [0, 0.1) is 0 Å². The van der Waals surface area contributed by atoms with Crippen LogP contribution in [0.3, 0.4) is 0 Å². The zero-order valence-corrected chi connectivity index (χ0v) is 17.1. The van der Waals surface area contributed by atoms with Gasteiger partial charge in [-0.3, -0.25) is 4.79 Å². The van der Waals surface area contributed by atoms with Gasteiger partial charge in [0.05, 0.1) is 18.9 Å². The molecule has 0 spiro atoms. The predicted molar refractivity (Wildman–Crippen MR) is 111 cm³/mol. The second kappa shape index (κ2) is 9.41. The van der Waals surface area contributed by atoms with E-state index in [-0.39, 0.29) is 17.7 Å². The summed E-state index contributed by atoms with van der Waals surface area (Å²) in [6.45, 7) is 4.74. The molecule has 146 valence electrons. The highest BCUT2D eigenvalue weighted by molar-refractivity contribution is 7.99. The highest BCUT2D eigenvalue weighted by Crippen LogP contribution is 2.25. The number of benzene rings is 2. The summed E-state index contributed by atoms with van der Waals surface area (Å²) in [6, 6.07) is 17.6. The fourth-order valence-corrected chi connectivity index (χ4v) is 3.69. The second-order valence-corrected chi connectivity index (χ2v) is 7.21. The van der Waals surface area contributed by atoms with Crippen LogP contribution in [0.4, 0.5) is 0 Å². The third-order valence-corrected chi connectivity index (χ3v) is 5.36. The number of hydrogen-bond donors (Lipinski definition) is 1. The van der Waals surface area contributed by atoms with Crippen molar-refractivity contribution < 1.29 is 9.53 Å². The maximum atomic E-state index is 12.3. The Morgan fingerprint density at radius 1 is 1.14 bits per heavy atom. The van der Waals surface area contributed by atoms with Crippen molar-refractivity contribution in [1.82, 2.24) is 20.1 Å². The fraction of sp³-hybridized carbons (Fsp3) is 0.286. The minimum atomic E-state index is -0.0341. The third kappa shape index (κ3) is 4.72. The Kier molecular flexibility index (Phi) is 6.71. The van der Waals surface area contributed by atoms with Crippen molar-refractivity contribution in [2.75, 3.05) is 12.9 Å². The molecule has 1 heterocycles. The predicted octanol–water partition coefficient (Wildman–Crippen LogP) is 3.94. The first kappa shape index (κ1) is 19.9. The van der Waals surface area contributed by atoms with Crippen molar-refractivity contribution in [1.29, 1.82) is 0 Å². The van der Waals surface area contributed by atoms with Gasteiger partial charge in [-0.25, -0.2) is 0 Å². The number of ether oxygens (including phenoxy) is 1. The van der Waals surface area contributed by atoms with Crippen LogP contribution in [0.25, 0.3) is 11.4 Å². The molecular formula is C21H24N4O2S. The molecule has 0 fully saturated rings. The number of carbonyl (C=O) groups excluding carboxylic acids is 1. The van der Waals surface area contributed by atoms with Gasteiger partial charge in [-0.1, -0.05) is 42.1 Å². The molecule has 0 saturated heterocycles. The lowest BCUT2D eigenvalue weighted by Crippen LogP contribution is -2.28. The maximum Gasteiger partial charge on any atom is 0.230 e. The fourth-order valence-electron chi connectivity index (χ4n) is 2.87. The van der Waals surface area contributed by atoms with Crippen molar-refractivity contribution >= 4 is 17.7 Å². The van der Waals surface area contributed by atoms with E-state index in [4.69, 9.17) is 4.74 Å². The topological polar surface area (TPSA) is 69.0 Å². The van der Waals surface area contributed by atoms with Crippen molar-refractivity contribution in [3.8, 4) is 17.1 Å². The van der Waals surface area contributed by atoms with E-state index in [0.29, 0.717) is 0 Å². The Labute approximate surface area is 169 Å². The average molecular weight is 397 g/mol. The largest absolute Gasteiger partial charge is 0.497 e. The molecule has 0 bridgehead atoms. The highest BCUT2D eigenvalue weighted by Gasteiger charge is 2.16. The number of carbonyl (C=O) groups is 1. The van der Waals surface area contributed by atoms with Crippen LogP contribution < -0.4 is 10.1 Å². The average Bonchev–Trinajstić information content (AvgIpc) is 3.15. The smallest absolute Gasteiger partial charge is 0.230 e. The van der Waals surface area contributed by atoms with Gasteiger partial charge in [-0.15, -0.1) is 10.2 Å². The zero-order valence-electron chi connectivity index (χ0n) is 16.3. The number of nitrogens with zero attached hydrogens (tertiary/aromatic N) is 3. The van der Waals surface area contributed by atoms with E-state index in [1.807, 2.05) is 73.0 Å². The summed E-state index contributed by atoms with van der Waals surface area (Å²) in [7, 11) is 1.64. The molecule has 0 aliphatic heterocycles. The number of thioether (sulfide) groups is 1. The first-order chi connectivity index (χ1) is 13.6. The van der Waals surface area contributed by atoms with Gasteiger partial charge in [0.25, 0.3) is 0 Å². The van der Waals surface area contributed by atoms with Gasteiger partial charge in [-0.2, -0.15) is 0 Å². The molecule has 0 aliphatic carbocycles. The summed E-state index contributed by atoms with van der Waals surface area (Å²) in [6.07, 6.45) is 0. The molecule has 7 heteroatoms. The van der Waals surface area contributed by atoms with Crippen LogP contribution in [0.15, 0.2) is 59.8 Å². The van der Waals surface area contributed by atoms with Gasteiger partial charge in [0.1, 0.15) is 5.75 Å². The van der Waals surface area contributed by atoms with Crippen LogP contribution in [0.1, 0.15) is 25.5 Å². The molecule has 1 atom stereocenters. The van der Waals surface area contributed by atoms with Gasteiger partial charge >= 0.3 is 0 Å². The highest BCUT2D eigenvalue weighted by atomic mass is 32.2. The number of nitrogens with one attached hydrogen (secondary N) is 1. The van der Waals surface area contributed by atoms with Crippen molar-refractivity contribution in [3.63, 3.8) is 0 Å². The number of amides is 1. The summed E-state index contributed by atoms with van der Waals surface area (Å²) < 4.78 is 7.22. The third-order valence-electron chi connectivity index (χ3n) is 4.39. The van der Waals surface area contributed by atoms with Crippen LogP contribution >= 0.6 is 11.8 Å². The molecule has 0 radical (unpaired) electrons. The van der Waals surface area contributed by atoms with Crippen molar-refractivity contribution in [3.05, 3.63) is 60.2 Å². The SMILES string of the molecule is CCn1c(SCC(=O)N[C@@H](C)c2ccccc2)nnc1-c1ccc(OC)cc1. The van der Waals surface area contributed by atoms with Gasteiger partial charge in [0, 0.05) is 12.1 Å². The Morgan fingerprint density at radius 2 is 1.86 bits per heavy atom.